The van der Waals surface area contributed by atoms with E-state index in [9.17, 15) is 4.79 Å². The van der Waals surface area contributed by atoms with E-state index in [0.717, 1.165) is 24.1 Å². The van der Waals surface area contributed by atoms with Crippen LogP contribution in [-0.4, -0.2) is 4.57 Å². The van der Waals surface area contributed by atoms with E-state index >= 15 is 0 Å². The van der Waals surface area contributed by atoms with E-state index in [2.05, 4.69) is 37.8 Å². The van der Waals surface area contributed by atoms with Crippen LogP contribution < -0.4 is 5.56 Å². The summed E-state index contributed by atoms with van der Waals surface area (Å²) >= 11 is 0. The average Bonchev–Trinajstić information content (AvgIpc) is 2.51. The fraction of sp³-hybridized carbons (Fsp3) is 0.316. The highest BCUT2D eigenvalue weighted by Crippen LogP contribution is 2.17. The summed E-state index contributed by atoms with van der Waals surface area (Å²) in [6.45, 7) is 10.2. The van der Waals surface area contributed by atoms with Crippen LogP contribution >= 0.6 is 0 Å². The van der Waals surface area contributed by atoms with Gasteiger partial charge in [0.25, 0.3) is 5.56 Å². The van der Waals surface area contributed by atoms with E-state index in [1.807, 2.05) is 19.9 Å². The van der Waals surface area contributed by atoms with E-state index in [0.29, 0.717) is 0 Å². The molecule has 0 unspecified atom stereocenters. The number of hydrogen-bond donors (Lipinski definition) is 0. The molecule has 2 heteroatoms. The van der Waals surface area contributed by atoms with Gasteiger partial charge in [0, 0.05) is 18.8 Å². The van der Waals surface area contributed by atoms with Gasteiger partial charge in [0.2, 0.25) is 0 Å². The van der Waals surface area contributed by atoms with Crippen LogP contribution in [-0.2, 0) is 13.5 Å². The number of aromatic nitrogens is 1. The lowest BCUT2D eigenvalue weighted by Gasteiger charge is -2.10. The van der Waals surface area contributed by atoms with Gasteiger partial charge in [-0.1, -0.05) is 56.3 Å². The number of nitrogens with zero attached hydrogens (tertiary/aromatic N) is 1. The molecule has 0 aliphatic rings. The van der Waals surface area contributed by atoms with Crippen molar-refractivity contribution < 1.29 is 0 Å². The van der Waals surface area contributed by atoms with Crippen molar-refractivity contribution in [2.45, 2.75) is 33.6 Å². The fourth-order valence-electron chi connectivity index (χ4n) is 2.10. The second-order valence-electron chi connectivity index (χ2n) is 4.90. The Kier molecular flexibility index (Phi) is 6.67. The first-order valence-corrected chi connectivity index (χ1v) is 7.47. The summed E-state index contributed by atoms with van der Waals surface area (Å²) in [7, 11) is 1.79. The molecule has 0 atom stereocenters. The lowest BCUT2D eigenvalue weighted by Crippen LogP contribution is -2.18. The van der Waals surface area contributed by atoms with Crippen molar-refractivity contribution in [2.75, 3.05) is 0 Å². The maximum Gasteiger partial charge on any atom is 0.250 e. The molecule has 0 aliphatic carbocycles. The summed E-state index contributed by atoms with van der Waals surface area (Å²) < 4.78 is 1.65. The molecule has 1 aromatic carbocycles. The summed E-state index contributed by atoms with van der Waals surface area (Å²) in [5, 5.41) is 0. The first-order valence-electron chi connectivity index (χ1n) is 7.47. The molecule has 0 saturated heterocycles. The third kappa shape index (κ3) is 4.75. The minimum atomic E-state index is 0.00832. The molecule has 1 heterocycles. The Labute approximate surface area is 127 Å². The lowest BCUT2D eigenvalue weighted by molar-refractivity contribution is 0.832. The third-order valence-electron chi connectivity index (χ3n) is 3.38. The number of allylic oxidation sites excluding steroid dienone is 1. The Morgan fingerprint density at radius 2 is 1.71 bits per heavy atom. The van der Waals surface area contributed by atoms with Crippen LogP contribution in [0, 0.1) is 6.92 Å². The zero-order valence-electron chi connectivity index (χ0n) is 13.5. The quantitative estimate of drug-likeness (QED) is 0.817. The normalized spacial score (nSPS) is 9.71. The topological polar surface area (TPSA) is 22.0 Å². The molecule has 2 rings (SSSR count). The van der Waals surface area contributed by atoms with Crippen molar-refractivity contribution in [3.8, 4) is 0 Å². The summed E-state index contributed by atoms with van der Waals surface area (Å²) in [4.78, 5) is 11.6. The van der Waals surface area contributed by atoms with Crippen LogP contribution in [0.3, 0.4) is 0 Å². The number of pyridine rings is 1. The van der Waals surface area contributed by atoms with Gasteiger partial charge >= 0.3 is 0 Å². The summed E-state index contributed by atoms with van der Waals surface area (Å²) in [5.41, 5.74) is 4.50. The zero-order chi connectivity index (χ0) is 15.8. The minimum Gasteiger partial charge on any atom is -0.312 e. The maximum absolute atomic E-state index is 11.6. The molecule has 112 valence electrons. The molecule has 0 spiro atoms. The molecule has 0 amide bonds. The Bertz CT molecular complexity index is 635. The highest BCUT2D eigenvalue weighted by molar-refractivity contribution is 5.60. The molecular weight excluding hydrogens is 258 g/mol. The van der Waals surface area contributed by atoms with Gasteiger partial charge < -0.3 is 4.57 Å². The molecular formula is C19H25NO. The predicted octanol–water partition coefficient (Wildman–Crippen LogP) is 4.37. The summed E-state index contributed by atoms with van der Waals surface area (Å²) in [6.07, 6.45) is 1.81. The second-order valence-corrected chi connectivity index (χ2v) is 4.90. The molecule has 1 aromatic heterocycles. The predicted molar refractivity (Wildman–Crippen MR) is 91.6 cm³/mol. The van der Waals surface area contributed by atoms with Gasteiger partial charge in [-0.05, 0) is 37.0 Å². The summed E-state index contributed by atoms with van der Waals surface area (Å²) in [5.74, 6) is 0. The molecule has 0 N–H and O–H groups in total. The average molecular weight is 283 g/mol. The van der Waals surface area contributed by atoms with Crippen LogP contribution in [0.15, 0.2) is 53.8 Å². The van der Waals surface area contributed by atoms with E-state index in [4.69, 9.17) is 0 Å². The zero-order valence-corrected chi connectivity index (χ0v) is 13.5. The minimum absolute atomic E-state index is 0.00832. The van der Waals surface area contributed by atoms with E-state index in [-0.39, 0.29) is 5.56 Å². The molecule has 21 heavy (non-hydrogen) atoms. The molecule has 0 aliphatic heterocycles. The van der Waals surface area contributed by atoms with E-state index in [1.54, 1.807) is 23.7 Å². The van der Waals surface area contributed by atoms with Gasteiger partial charge in [-0.2, -0.15) is 0 Å². The number of benzene rings is 1. The first kappa shape index (κ1) is 17.0. The van der Waals surface area contributed by atoms with E-state index in [1.165, 1.54) is 11.1 Å². The lowest BCUT2D eigenvalue weighted by atomic mass is 10.0. The molecule has 0 saturated carbocycles. The van der Waals surface area contributed by atoms with Gasteiger partial charge in [-0.3, -0.25) is 4.79 Å². The SMILES string of the molecule is C=C(CCc1ccc(C)cc1)c1cccc(=O)n1C.CC. The molecule has 2 aromatic rings. The van der Waals surface area contributed by atoms with Crippen LogP contribution in [0.5, 0.6) is 0 Å². The van der Waals surface area contributed by atoms with Gasteiger partial charge in [0.05, 0.1) is 0 Å². The highest BCUT2D eigenvalue weighted by atomic mass is 16.1. The second kappa shape index (κ2) is 8.25. The maximum atomic E-state index is 11.6. The van der Waals surface area contributed by atoms with Crippen molar-refractivity contribution in [1.82, 2.24) is 4.57 Å². The molecule has 0 radical (unpaired) electrons. The van der Waals surface area contributed by atoms with Crippen LogP contribution in [0.2, 0.25) is 0 Å². The molecule has 2 nitrogen and oxygen atoms in total. The Morgan fingerprint density at radius 3 is 2.33 bits per heavy atom. The van der Waals surface area contributed by atoms with E-state index < -0.39 is 0 Å². The van der Waals surface area contributed by atoms with Crippen molar-refractivity contribution in [3.05, 3.63) is 76.2 Å². The van der Waals surface area contributed by atoms with Gasteiger partial charge in [-0.25, -0.2) is 0 Å². The monoisotopic (exact) mass is 283 g/mol. The van der Waals surface area contributed by atoms with Gasteiger partial charge in [0.15, 0.2) is 0 Å². The van der Waals surface area contributed by atoms with Gasteiger partial charge in [0.1, 0.15) is 0 Å². The Hall–Kier alpha value is -2.09. The van der Waals surface area contributed by atoms with Crippen molar-refractivity contribution in [3.63, 3.8) is 0 Å². The highest BCUT2D eigenvalue weighted by Gasteiger charge is 2.04. The number of rotatable bonds is 4. The fourth-order valence-corrected chi connectivity index (χ4v) is 2.10. The van der Waals surface area contributed by atoms with Crippen molar-refractivity contribution in [2.24, 2.45) is 7.05 Å². The molecule has 0 bridgehead atoms. The molecule has 0 fully saturated rings. The Balaban J connectivity index is 0.00000106. The third-order valence-corrected chi connectivity index (χ3v) is 3.38. The smallest absolute Gasteiger partial charge is 0.250 e. The van der Waals surface area contributed by atoms with Gasteiger partial charge in [-0.15, -0.1) is 0 Å². The van der Waals surface area contributed by atoms with Crippen molar-refractivity contribution in [1.29, 1.82) is 0 Å². The largest absolute Gasteiger partial charge is 0.312 e. The Morgan fingerprint density at radius 1 is 1.10 bits per heavy atom. The van der Waals surface area contributed by atoms with Crippen molar-refractivity contribution >= 4 is 5.57 Å². The van der Waals surface area contributed by atoms with Crippen LogP contribution in [0.1, 0.15) is 37.1 Å². The number of hydrogen-bond acceptors (Lipinski definition) is 1. The van der Waals surface area contributed by atoms with Crippen LogP contribution in [0.4, 0.5) is 0 Å². The van der Waals surface area contributed by atoms with Crippen LogP contribution in [0.25, 0.3) is 5.57 Å². The summed E-state index contributed by atoms with van der Waals surface area (Å²) in [6, 6.07) is 13.8. The number of aryl methyl sites for hydroxylation is 2. The standard InChI is InChI=1S/C17H19NO.C2H6/c1-13-7-10-15(11-8-13)12-9-14(2)16-5-4-6-17(19)18(16)3;1-2/h4-8,10-11H,2,9,12H2,1,3H3;1-2H3. The first-order chi connectivity index (χ1) is 10.1.